The predicted molar refractivity (Wildman–Crippen MR) is 67.7 cm³/mol. The number of hydrogen-bond donors (Lipinski definition) is 1. The number of aromatic nitrogens is 4. The van der Waals surface area contributed by atoms with Crippen molar-refractivity contribution in [3.05, 3.63) is 30.1 Å². The van der Waals surface area contributed by atoms with E-state index in [-0.39, 0.29) is 0 Å². The maximum absolute atomic E-state index is 5.44. The third-order valence-electron chi connectivity index (χ3n) is 2.44. The summed E-state index contributed by atoms with van der Waals surface area (Å²) >= 11 is 0. The van der Waals surface area contributed by atoms with Gasteiger partial charge in [-0.05, 0) is 49.4 Å². The molecular formula is C12H17N5O. The van der Waals surface area contributed by atoms with Gasteiger partial charge in [0.05, 0.1) is 12.3 Å². The van der Waals surface area contributed by atoms with E-state index < -0.39 is 0 Å². The lowest BCUT2D eigenvalue weighted by atomic mass is 10.3. The molecule has 1 aromatic carbocycles. The van der Waals surface area contributed by atoms with Crippen molar-refractivity contribution in [1.29, 1.82) is 0 Å². The van der Waals surface area contributed by atoms with Crippen molar-refractivity contribution >= 4 is 0 Å². The molecule has 0 saturated heterocycles. The van der Waals surface area contributed by atoms with Crippen LogP contribution in [0.2, 0.25) is 0 Å². The molecule has 0 saturated carbocycles. The van der Waals surface area contributed by atoms with E-state index in [1.54, 1.807) is 0 Å². The third-order valence-corrected chi connectivity index (χ3v) is 2.44. The normalized spacial score (nSPS) is 10.6. The minimum absolute atomic E-state index is 0.637. The molecule has 96 valence electrons. The second-order valence-electron chi connectivity index (χ2n) is 3.81. The molecule has 0 aliphatic heterocycles. The van der Waals surface area contributed by atoms with Gasteiger partial charge < -0.3 is 10.5 Å². The first kappa shape index (κ1) is 12.5. The molecule has 2 aromatic rings. The zero-order valence-electron chi connectivity index (χ0n) is 10.4. The first-order valence-corrected chi connectivity index (χ1v) is 6.05. The Kier molecular flexibility index (Phi) is 4.25. The number of rotatable bonds is 6. The molecule has 2 N–H and O–H groups in total. The number of nitrogens with zero attached hydrogens (tertiary/aromatic N) is 4. The van der Waals surface area contributed by atoms with Crippen LogP contribution in [-0.2, 0) is 6.42 Å². The van der Waals surface area contributed by atoms with E-state index in [4.69, 9.17) is 10.5 Å². The summed E-state index contributed by atoms with van der Waals surface area (Å²) in [6.07, 6.45) is 1.63. The molecule has 0 amide bonds. The van der Waals surface area contributed by atoms with Crippen LogP contribution in [0.25, 0.3) is 5.69 Å². The lowest BCUT2D eigenvalue weighted by Crippen LogP contribution is -2.02. The summed E-state index contributed by atoms with van der Waals surface area (Å²) in [5.74, 6) is 1.55. The van der Waals surface area contributed by atoms with Crippen LogP contribution in [0, 0.1) is 0 Å². The molecule has 0 bridgehead atoms. The Morgan fingerprint density at radius 1 is 1.28 bits per heavy atom. The van der Waals surface area contributed by atoms with Crippen LogP contribution in [0.4, 0.5) is 0 Å². The molecule has 6 heteroatoms. The van der Waals surface area contributed by atoms with E-state index in [0.29, 0.717) is 19.0 Å². The van der Waals surface area contributed by atoms with Gasteiger partial charge in [0.25, 0.3) is 0 Å². The molecule has 0 fully saturated rings. The van der Waals surface area contributed by atoms with Gasteiger partial charge in [-0.25, -0.2) is 0 Å². The van der Waals surface area contributed by atoms with E-state index in [0.717, 1.165) is 24.3 Å². The van der Waals surface area contributed by atoms with Crippen LogP contribution < -0.4 is 10.5 Å². The Labute approximate surface area is 106 Å². The summed E-state index contributed by atoms with van der Waals surface area (Å²) in [7, 11) is 0. The van der Waals surface area contributed by atoms with Crippen LogP contribution in [0.5, 0.6) is 5.75 Å². The lowest BCUT2D eigenvalue weighted by molar-refractivity contribution is 0.340. The zero-order chi connectivity index (χ0) is 12.8. The number of benzene rings is 1. The smallest absolute Gasteiger partial charge is 0.175 e. The summed E-state index contributed by atoms with van der Waals surface area (Å²) in [6.45, 7) is 3.25. The van der Waals surface area contributed by atoms with Crippen molar-refractivity contribution < 1.29 is 4.74 Å². The number of tetrazole rings is 1. The third kappa shape index (κ3) is 3.04. The van der Waals surface area contributed by atoms with Gasteiger partial charge in [0.15, 0.2) is 5.82 Å². The van der Waals surface area contributed by atoms with Gasteiger partial charge in [-0.2, -0.15) is 0 Å². The maximum Gasteiger partial charge on any atom is 0.175 e. The van der Waals surface area contributed by atoms with Crippen molar-refractivity contribution in [2.45, 2.75) is 19.8 Å². The highest BCUT2D eigenvalue weighted by molar-refractivity contribution is 5.35. The van der Waals surface area contributed by atoms with E-state index in [1.807, 2.05) is 31.2 Å². The van der Waals surface area contributed by atoms with Gasteiger partial charge in [-0.1, -0.05) is 0 Å². The van der Waals surface area contributed by atoms with Crippen molar-refractivity contribution in [3.63, 3.8) is 0 Å². The molecular weight excluding hydrogens is 230 g/mol. The number of nitrogens with two attached hydrogens (primary N) is 1. The molecule has 0 spiro atoms. The highest BCUT2D eigenvalue weighted by Crippen LogP contribution is 2.13. The highest BCUT2D eigenvalue weighted by Gasteiger charge is 2.04. The zero-order valence-corrected chi connectivity index (χ0v) is 10.4. The Hall–Kier alpha value is -1.95. The lowest BCUT2D eigenvalue weighted by Gasteiger charge is -2.03. The number of hydrogen-bond acceptors (Lipinski definition) is 5. The first-order valence-electron chi connectivity index (χ1n) is 6.05. The van der Waals surface area contributed by atoms with E-state index in [9.17, 15) is 0 Å². The van der Waals surface area contributed by atoms with Crippen LogP contribution >= 0.6 is 0 Å². The van der Waals surface area contributed by atoms with Crippen molar-refractivity contribution in [2.24, 2.45) is 5.73 Å². The molecule has 0 aliphatic rings. The SMILES string of the molecule is CCOc1ccc(-n2nnc(CCCN)n2)cc1. The second-order valence-corrected chi connectivity index (χ2v) is 3.81. The molecule has 2 rings (SSSR count). The van der Waals surface area contributed by atoms with Gasteiger partial charge >= 0.3 is 0 Å². The largest absolute Gasteiger partial charge is 0.494 e. The summed E-state index contributed by atoms with van der Waals surface area (Å²) in [6, 6.07) is 7.59. The first-order chi connectivity index (χ1) is 8.83. The molecule has 0 atom stereocenters. The standard InChI is InChI=1S/C12H17N5O/c1-2-18-11-7-5-10(6-8-11)17-15-12(14-16-17)4-3-9-13/h5-8H,2-4,9,13H2,1H3. The van der Waals surface area contributed by atoms with E-state index in [2.05, 4.69) is 15.4 Å². The Bertz CT molecular complexity index is 479. The molecule has 1 aromatic heterocycles. The fourth-order valence-corrected chi connectivity index (χ4v) is 1.56. The van der Waals surface area contributed by atoms with Crippen molar-refractivity contribution in [3.8, 4) is 11.4 Å². The minimum atomic E-state index is 0.637. The van der Waals surface area contributed by atoms with Gasteiger partial charge in [-0.15, -0.1) is 15.0 Å². The summed E-state index contributed by atoms with van der Waals surface area (Å²) < 4.78 is 5.38. The van der Waals surface area contributed by atoms with Gasteiger partial charge in [0.2, 0.25) is 0 Å². The quantitative estimate of drug-likeness (QED) is 0.822. The maximum atomic E-state index is 5.44. The number of ether oxygens (including phenoxy) is 1. The molecule has 1 heterocycles. The molecule has 0 radical (unpaired) electrons. The predicted octanol–water partition coefficient (Wildman–Crippen LogP) is 0.952. The van der Waals surface area contributed by atoms with Crippen molar-refractivity contribution in [1.82, 2.24) is 20.2 Å². The van der Waals surface area contributed by atoms with Crippen LogP contribution in [0.3, 0.4) is 0 Å². The number of aryl methyl sites for hydroxylation is 1. The topological polar surface area (TPSA) is 78.8 Å². The van der Waals surface area contributed by atoms with Gasteiger partial charge in [0, 0.05) is 6.42 Å². The molecule has 0 unspecified atom stereocenters. The second kappa shape index (κ2) is 6.11. The fourth-order valence-electron chi connectivity index (χ4n) is 1.56. The van der Waals surface area contributed by atoms with Gasteiger partial charge in [0.1, 0.15) is 5.75 Å². The van der Waals surface area contributed by atoms with Crippen molar-refractivity contribution in [2.75, 3.05) is 13.2 Å². The molecule has 18 heavy (non-hydrogen) atoms. The van der Waals surface area contributed by atoms with Crippen LogP contribution in [-0.4, -0.2) is 33.4 Å². The van der Waals surface area contributed by atoms with Crippen LogP contribution in [0.1, 0.15) is 19.2 Å². The summed E-state index contributed by atoms with van der Waals surface area (Å²) in [4.78, 5) is 1.52. The fraction of sp³-hybridized carbons (Fsp3) is 0.417. The average Bonchev–Trinajstić information content (AvgIpc) is 2.86. The molecule has 6 nitrogen and oxygen atoms in total. The highest BCUT2D eigenvalue weighted by atomic mass is 16.5. The minimum Gasteiger partial charge on any atom is -0.494 e. The monoisotopic (exact) mass is 247 g/mol. The van der Waals surface area contributed by atoms with Gasteiger partial charge in [-0.3, -0.25) is 0 Å². The van der Waals surface area contributed by atoms with E-state index in [1.165, 1.54) is 4.80 Å². The average molecular weight is 247 g/mol. The van der Waals surface area contributed by atoms with Crippen LogP contribution in [0.15, 0.2) is 24.3 Å². The Balaban J connectivity index is 2.08. The Morgan fingerprint density at radius 2 is 2.06 bits per heavy atom. The molecule has 0 aliphatic carbocycles. The Morgan fingerprint density at radius 3 is 2.72 bits per heavy atom. The summed E-state index contributed by atoms with van der Waals surface area (Å²) in [5.41, 5.74) is 6.31. The van der Waals surface area contributed by atoms with E-state index >= 15 is 0 Å². The summed E-state index contributed by atoms with van der Waals surface area (Å²) in [5, 5.41) is 12.3.